The largest absolute Gasteiger partial charge is 0.293 e. The number of likely N-dealkylation sites (N-methyl/N-ethyl adjacent to an activating group) is 1. The van der Waals surface area contributed by atoms with E-state index in [1.54, 1.807) is 0 Å². The van der Waals surface area contributed by atoms with E-state index in [9.17, 15) is 0 Å². The summed E-state index contributed by atoms with van der Waals surface area (Å²) in [7, 11) is 2.03. The van der Waals surface area contributed by atoms with Crippen LogP contribution in [0.25, 0.3) is 0 Å². The summed E-state index contributed by atoms with van der Waals surface area (Å²) in [6, 6.07) is 0. The quantitative estimate of drug-likeness (QED) is 0.404. The molecule has 0 saturated carbocycles. The predicted octanol–water partition coefficient (Wildman–Crippen LogP) is 0.917. The van der Waals surface area contributed by atoms with Crippen LogP contribution in [-0.4, -0.2) is 18.5 Å². The van der Waals surface area contributed by atoms with E-state index in [0.29, 0.717) is 0 Å². The lowest BCUT2D eigenvalue weighted by molar-refractivity contribution is 0.433. The summed E-state index contributed by atoms with van der Waals surface area (Å²) in [6.45, 7) is 4.16. The summed E-state index contributed by atoms with van der Waals surface area (Å²) < 4.78 is 0. The van der Waals surface area contributed by atoms with E-state index in [1.807, 2.05) is 7.05 Å². The van der Waals surface area contributed by atoms with Crippen molar-refractivity contribution in [3.63, 3.8) is 0 Å². The predicted molar refractivity (Wildman–Crippen MR) is 29.6 cm³/mol. The molecule has 1 aliphatic heterocycles. The Kier molecular flexibility index (Phi) is 1.47. The summed E-state index contributed by atoms with van der Waals surface area (Å²) in [5.41, 5.74) is 0. The van der Waals surface area contributed by atoms with Gasteiger partial charge in [0.05, 0.1) is 6.54 Å². The minimum absolute atomic E-state index is 0.983. The van der Waals surface area contributed by atoms with E-state index in [-0.39, 0.29) is 0 Å². The van der Waals surface area contributed by atoms with Gasteiger partial charge < -0.3 is 0 Å². The highest BCUT2D eigenvalue weighted by molar-refractivity contribution is 4.94. The zero-order valence-electron chi connectivity index (χ0n) is 4.52. The smallest absolute Gasteiger partial charge is 0.0656 e. The molecule has 1 heteroatoms. The molecule has 0 unspecified atom stereocenters. The number of rotatable bonds is 0. The van der Waals surface area contributed by atoms with Gasteiger partial charge in [0, 0.05) is 6.54 Å². The molecule has 0 saturated heterocycles. The molecule has 0 bridgehead atoms. The average molecular weight is 95.1 g/mol. The maximum Gasteiger partial charge on any atom is 0.0656 e. The molecule has 1 nitrogen and oxygen atoms in total. The Morgan fingerprint density at radius 2 is 2.43 bits per heavy atom. The third kappa shape index (κ3) is 1.32. The fraction of sp³-hybridized carbons (Fsp3) is 0.500. The molecule has 1 rings (SSSR count). The molecule has 0 atom stereocenters. The van der Waals surface area contributed by atoms with Crippen LogP contribution in [0.3, 0.4) is 0 Å². The molecule has 0 spiro atoms. The number of nitrogens with zero attached hydrogens (tertiary/aromatic N) is 1. The first-order valence-corrected chi connectivity index (χ1v) is 2.49. The summed E-state index contributed by atoms with van der Waals surface area (Å²) in [5.74, 6) is 0. The first kappa shape index (κ1) is 4.85. The van der Waals surface area contributed by atoms with Gasteiger partial charge in [-0.15, -0.1) is 0 Å². The van der Waals surface area contributed by atoms with Gasteiger partial charge in [-0.1, -0.05) is 12.2 Å². The van der Waals surface area contributed by atoms with Gasteiger partial charge in [-0.3, -0.25) is 4.90 Å². The molecular formula is C6H9N. The Balaban J connectivity index is 2.32. The molecule has 0 N–H and O–H groups in total. The lowest BCUT2D eigenvalue weighted by Crippen LogP contribution is -2.16. The van der Waals surface area contributed by atoms with Crippen LogP contribution in [0.5, 0.6) is 0 Å². The SMILES string of the molecule is CN1[C]CC=CC1. The second kappa shape index (κ2) is 2.12. The minimum Gasteiger partial charge on any atom is -0.293 e. The maximum atomic E-state index is 3.13. The van der Waals surface area contributed by atoms with Gasteiger partial charge in [-0.05, 0) is 13.5 Å². The van der Waals surface area contributed by atoms with Crippen LogP contribution in [0, 0.1) is 6.54 Å². The van der Waals surface area contributed by atoms with Gasteiger partial charge in [0.2, 0.25) is 0 Å². The van der Waals surface area contributed by atoms with Gasteiger partial charge in [-0.2, -0.15) is 0 Å². The molecule has 0 amide bonds. The van der Waals surface area contributed by atoms with Crippen molar-refractivity contribution >= 4 is 0 Å². The summed E-state index contributed by atoms with van der Waals surface area (Å²) >= 11 is 0. The molecular weight excluding hydrogens is 86.1 g/mol. The van der Waals surface area contributed by atoms with E-state index in [4.69, 9.17) is 0 Å². The zero-order chi connectivity index (χ0) is 5.11. The highest BCUT2D eigenvalue weighted by Gasteiger charge is 1.97. The molecule has 1 heterocycles. The van der Waals surface area contributed by atoms with E-state index in [1.165, 1.54) is 0 Å². The number of hydrogen-bond acceptors (Lipinski definition) is 1. The van der Waals surface area contributed by atoms with Crippen LogP contribution in [0.1, 0.15) is 6.42 Å². The standard InChI is InChI=1S/C6H9N/c1-7-5-3-2-4-6-7/h2-3H,4-5H2,1H3. The van der Waals surface area contributed by atoms with Crippen molar-refractivity contribution in [2.75, 3.05) is 13.6 Å². The maximum absolute atomic E-state index is 3.13. The second-order valence-electron chi connectivity index (χ2n) is 1.71. The van der Waals surface area contributed by atoms with Crippen LogP contribution < -0.4 is 0 Å². The van der Waals surface area contributed by atoms with Crippen molar-refractivity contribution in [1.29, 1.82) is 0 Å². The van der Waals surface area contributed by atoms with Crippen LogP contribution in [-0.2, 0) is 0 Å². The summed E-state index contributed by atoms with van der Waals surface area (Å²) in [5, 5.41) is 0. The van der Waals surface area contributed by atoms with Crippen LogP contribution >= 0.6 is 0 Å². The van der Waals surface area contributed by atoms with Crippen molar-refractivity contribution in [3.05, 3.63) is 18.7 Å². The fourth-order valence-corrected chi connectivity index (χ4v) is 0.589. The molecule has 0 fully saturated rings. The molecule has 0 aromatic rings. The fourth-order valence-electron chi connectivity index (χ4n) is 0.589. The molecule has 0 aromatic carbocycles. The lowest BCUT2D eigenvalue weighted by Gasteiger charge is -2.14. The average Bonchev–Trinajstić information content (AvgIpc) is 1.69. The molecule has 0 aliphatic carbocycles. The van der Waals surface area contributed by atoms with Gasteiger partial charge in [0.1, 0.15) is 0 Å². The zero-order valence-corrected chi connectivity index (χ0v) is 4.52. The highest BCUT2D eigenvalue weighted by atomic mass is 15.1. The van der Waals surface area contributed by atoms with Crippen molar-refractivity contribution < 1.29 is 0 Å². The van der Waals surface area contributed by atoms with E-state index < -0.39 is 0 Å². The molecule has 2 radical (unpaired) electrons. The molecule has 1 aliphatic rings. The normalized spacial score (nSPS) is 23.0. The van der Waals surface area contributed by atoms with Crippen LogP contribution in [0.15, 0.2) is 12.2 Å². The van der Waals surface area contributed by atoms with E-state index in [2.05, 4.69) is 23.6 Å². The first-order chi connectivity index (χ1) is 3.39. The van der Waals surface area contributed by atoms with E-state index in [0.717, 1.165) is 13.0 Å². The van der Waals surface area contributed by atoms with Gasteiger partial charge in [0.25, 0.3) is 0 Å². The molecule has 7 heavy (non-hydrogen) atoms. The van der Waals surface area contributed by atoms with Crippen LogP contribution in [0.2, 0.25) is 0 Å². The summed E-state index contributed by atoms with van der Waals surface area (Å²) in [4.78, 5) is 2.06. The van der Waals surface area contributed by atoms with Gasteiger partial charge in [-0.25, -0.2) is 0 Å². The Morgan fingerprint density at radius 3 is 2.71 bits per heavy atom. The second-order valence-corrected chi connectivity index (χ2v) is 1.71. The van der Waals surface area contributed by atoms with Crippen molar-refractivity contribution in [2.24, 2.45) is 0 Å². The van der Waals surface area contributed by atoms with Crippen molar-refractivity contribution in [1.82, 2.24) is 4.90 Å². The first-order valence-electron chi connectivity index (χ1n) is 2.49. The van der Waals surface area contributed by atoms with Crippen molar-refractivity contribution in [2.45, 2.75) is 6.42 Å². The topological polar surface area (TPSA) is 3.24 Å². The van der Waals surface area contributed by atoms with Gasteiger partial charge in [0.15, 0.2) is 0 Å². The highest BCUT2D eigenvalue weighted by Crippen LogP contribution is 2.00. The van der Waals surface area contributed by atoms with E-state index >= 15 is 0 Å². The Labute approximate surface area is 44.6 Å². The van der Waals surface area contributed by atoms with Gasteiger partial charge >= 0.3 is 0 Å². The Hall–Kier alpha value is -0.300. The Bertz CT molecular complexity index is 76.2. The lowest BCUT2D eigenvalue weighted by atomic mass is 10.3. The third-order valence-corrected chi connectivity index (χ3v) is 1.02. The monoisotopic (exact) mass is 95.1 g/mol. The Morgan fingerprint density at radius 1 is 1.57 bits per heavy atom. The van der Waals surface area contributed by atoms with Crippen LogP contribution in [0.4, 0.5) is 0 Å². The third-order valence-electron chi connectivity index (χ3n) is 1.02. The minimum atomic E-state index is 0.983. The summed E-state index contributed by atoms with van der Waals surface area (Å²) in [6.07, 6.45) is 5.26. The molecule has 0 aromatic heterocycles. The molecule has 38 valence electrons. The van der Waals surface area contributed by atoms with Crippen molar-refractivity contribution in [3.8, 4) is 0 Å². The number of hydrogen-bond donors (Lipinski definition) is 0.